The third kappa shape index (κ3) is 3.58. The largest absolute Gasteiger partial charge is 0.366 e. The molecule has 1 aromatic rings. The summed E-state index contributed by atoms with van der Waals surface area (Å²) in [4.78, 5) is 10.5. The fourth-order valence-electron chi connectivity index (χ4n) is 1.27. The number of benzene rings is 1. The normalized spacial score (nSPS) is 11.9. The van der Waals surface area contributed by atoms with Gasteiger partial charge in [0.15, 0.2) is 0 Å². The zero-order chi connectivity index (χ0) is 11.5. The predicted octanol–water partition coefficient (Wildman–Crippen LogP) is 2.48. The molecule has 0 radical (unpaired) electrons. The molecular weight excluding hydrogens is 186 g/mol. The van der Waals surface area contributed by atoms with Crippen LogP contribution < -0.4 is 5.73 Å². The summed E-state index contributed by atoms with van der Waals surface area (Å²) in [5, 5.41) is 0. The molecule has 0 spiro atoms. The van der Waals surface area contributed by atoms with E-state index in [9.17, 15) is 4.79 Å². The Labute approximate surface area is 90.8 Å². The molecule has 0 aromatic heterocycles. The highest BCUT2D eigenvalue weighted by molar-refractivity contribution is 5.90. The highest BCUT2D eigenvalue weighted by Crippen LogP contribution is 2.22. The van der Waals surface area contributed by atoms with E-state index in [1.54, 1.807) is 6.08 Å². The van der Waals surface area contributed by atoms with Crippen molar-refractivity contribution in [3.05, 3.63) is 41.5 Å². The Kier molecular flexibility index (Phi) is 3.30. The van der Waals surface area contributed by atoms with Crippen LogP contribution in [0.1, 0.15) is 31.9 Å². The third-order valence-electron chi connectivity index (χ3n) is 2.22. The van der Waals surface area contributed by atoms with Crippen LogP contribution in [0.4, 0.5) is 0 Å². The van der Waals surface area contributed by atoms with Crippen molar-refractivity contribution in [1.29, 1.82) is 0 Å². The number of carbonyl (C=O) groups is 1. The number of primary amides is 1. The van der Waals surface area contributed by atoms with Gasteiger partial charge in [-0.15, -0.1) is 0 Å². The van der Waals surface area contributed by atoms with E-state index in [0.717, 1.165) is 5.56 Å². The molecule has 0 aliphatic carbocycles. The van der Waals surface area contributed by atoms with Gasteiger partial charge in [-0.2, -0.15) is 0 Å². The molecule has 0 saturated heterocycles. The van der Waals surface area contributed by atoms with Crippen molar-refractivity contribution in [2.45, 2.75) is 26.2 Å². The molecule has 1 aromatic carbocycles. The smallest absolute Gasteiger partial charge is 0.241 e. The van der Waals surface area contributed by atoms with E-state index in [4.69, 9.17) is 5.73 Å². The molecule has 15 heavy (non-hydrogen) atoms. The second kappa shape index (κ2) is 4.30. The lowest BCUT2D eigenvalue weighted by molar-refractivity contribution is -0.113. The minimum absolute atomic E-state index is 0.159. The van der Waals surface area contributed by atoms with Crippen LogP contribution in [0.15, 0.2) is 30.3 Å². The van der Waals surface area contributed by atoms with Crippen molar-refractivity contribution in [1.82, 2.24) is 0 Å². The standard InChI is InChI=1S/C13H17NO/c1-13(2,3)11-7-4-10(5-8-11)6-9-12(14)15/h4-9H,1-3H3,(H2,14,15)/b9-6+. The molecule has 0 heterocycles. The molecule has 0 unspecified atom stereocenters. The van der Waals surface area contributed by atoms with Crippen molar-refractivity contribution in [2.75, 3.05) is 0 Å². The number of carbonyl (C=O) groups excluding carboxylic acids is 1. The van der Waals surface area contributed by atoms with E-state index >= 15 is 0 Å². The van der Waals surface area contributed by atoms with Gasteiger partial charge < -0.3 is 5.73 Å². The Morgan fingerprint density at radius 3 is 2.13 bits per heavy atom. The van der Waals surface area contributed by atoms with Crippen LogP contribution in [0.2, 0.25) is 0 Å². The number of hydrogen-bond acceptors (Lipinski definition) is 1. The average Bonchev–Trinajstić information content (AvgIpc) is 2.14. The predicted molar refractivity (Wildman–Crippen MR) is 63.4 cm³/mol. The number of rotatable bonds is 2. The molecule has 2 nitrogen and oxygen atoms in total. The van der Waals surface area contributed by atoms with Gasteiger partial charge in [0.25, 0.3) is 0 Å². The van der Waals surface area contributed by atoms with E-state index < -0.39 is 5.91 Å². The Balaban J connectivity index is 2.86. The van der Waals surface area contributed by atoms with Crippen molar-refractivity contribution in [2.24, 2.45) is 5.73 Å². The summed E-state index contributed by atoms with van der Waals surface area (Å²) in [6, 6.07) is 8.11. The first kappa shape index (κ1) is 11.5. The van der Waals surface area contributed by atoms with Gasteiger partial charge in [-0.25, -0.2) is 0 Å². The maximum absolute atomic E-state index is 10.5. The maximum atomic E-state index is 10.5. The van der Waals surface area contributed by atoms with Gasteiger partial charge in [0, 0.05) is 6.08 Å². The molecule has 2 heteroatoms. The fraction of sp³-hybridized carbons (Fsp3) is 0.308. The van der Waals surface area contributed by atoms with Gasteiger partial charge in [-0.05, 0) is 22.6 Å². The quantitative estimate of drug-likeness (QED) is 0.737. The number of hydrogen-bond donors (Lipinski definition) is 1. The second-order valence-electron chi connectivity index (χ2n) is 4.61. The van der Waals surface area contributed by atoms with E-state index in [-0.39, 0.29) is 5.41 Å². The average molecular weight is 203 g/mol. The van der Waals surface area contributed by atoms with Crippen LogP contribution in [0.3, 0.4) is 0 Å². The minimum Gasteiger partial charge on any atom is -0.366 e. The van der Waals surface area contributed by atoms with Crippen molar-refractivity contribution >= 4 is 12.0 Å². The zero-order valence-corrected chi connectivity index (χ0v) is 9.45. The van der Waals surface area contributed by atoms with Crippen LogP contribution in [0.25, 0.3) is 6.08 Å². The molecule has 0 saturated carbocycles. The SMILES string of the molecule is CC(C)(C)c1ccc(/C=C/C(N)=O)cc1. The van der Waals surface area contributed by atoms with Crippen molar-refractivity contribution < 1.29 is 4.79 Å². The van der Waals surface area contributed by atoms with E-state index in [2.05, 4.69) is 32.9 Å². The summed E-state index contributed by atoms with van der Waals surface area (Å²) in [7, 11) is 0. The molecule has 1 amide bonds. The van der Waals surface area contributed by atoms with E-state index in [1.807, 2.05) is 12.1 Å². The summed E-state index contributed by atoms with van der Waals surface area (Å²) in [5.41, 5.74) is 7.44. The Morgan fingerprint density at radius 1 is 1.20 bits per heavy atom. The Morgan fingerprint density at radius 2 is 1.73 bits per heavy atom. The van der Waals surface area contributed by atoms with Gasteiger partial charge in [-0.1, -0.05) is 45.0 Å². The molecule has 0 atom stereocenters. The lowest BCUT2D eigenvalue weighted by Crippen LogP contribution is -2.10. The summed E-state index contributed by atoms with van der Waals surface area (Å²) in [6.45, 7) is 6.50. The molecule has 2 N–H and O–H groups in total. The van der Waals surface area contributed by atoms with Gasteiger partial charge in [0.1, 0.15) is 0 Å². The highest BCUT2D eigenvalue weighted by Gasteiger charge is 2.12. The maximum Gasteiger partial charge on any atom is 0.241 e. The van der Waals surface area contributed by atoms with Gasteiger partial charge in [0.2, 0.25) is 5.91 Å². The van der Waals surface area contributed by atoms with Crippen LogP contribution in [-0.4, -0.2) is 5.91 Å². The third-order valence-corrected chi connectivity index (χ3v) is 2.22. The van der Waals surface area contributed by atoms with E-state index in [1.165, 1.54) is 11.6 Å². The number of nitrogens with two attached hydrogens (primary N) is 1. The molecule has 80 valence electrons. The lowest BCUT2D eigenvalue weighted by atomic mass is 9.87. The van der Waals surface area contributed by atoms with Crippen molar-refractivity contribution in [3.63, 3.8) is 0 Å². The summed E-state index contributed by atoms with van der Waals surface area (Å²) in [6.07, 6.45) is 3.08. The van der Waals surface area contributed by atoms with Gasteiger partial charge in [-0.3, -0.25) is 4.79 Å². The molecular formula is C13H17NO. The summed E-state index contributed by atoms with van der Waals surface area (Å²) >= 11 is 0. The fourth-order valence-corrected chi connectivity index (χ4v) is 1.27. The van der Waals surface area contributed by atoms with E-state index in [0.29, 0.717) is 0 Å². The van der Waals surface area contributed by atoms with Gasteiger partial charge in [0.05, 0.1) is 0 Å². The zero-order valence-electron chi connectivity index (χ0n) is 9.45. The van der Waals surface area contributed by atoms with Crippen LogP contribution in [0, 0.1) is 0 Å². The van der Waals surface area contributed by atoms with Crippen molar-refractivity contribution in [3.8, 4) is 0 Å². The molecule has 0 bridgehead atoms. The lowest BCUT2D eigenvalue weighted by Gasteiger charge is -2.18. The molecule has 0 fully saturated rings. The Bertz CT molecular complexity index is 369. The first-order chi connectivity index (χ1) is 6.89. The number of amides is 1. The topological polar surface area (TPSA) is 43.1 Å². The summed E-state index contributed by atoms with van der Waals surface area (Å²) < 4.78 is 0. The monoisotopic (exact) mass is 203 g/mol. The Hall–Kier alpha value is -1.57. The summed E-state index contributed by atoms with van der Waals surface area (Å²) in [5.74, 6) is -0.421. The first-order valence-electron chi connectivity index (χ1n) is 4.97. The minimum atomic E-state index is -0.421. The van der Waals surface area contributed by atoms with Crippen LogP contribution in [0.5, 0.6) is 0 Å². The highest BCUT2D eigenvalue weighted by atomic mass is 16.1. The van der Waals surface area contributed by atoms with Crippen LogP contribution in [-0.2, 0) is 10.2 Å². The van der Waals surface area contributed by atoms with Crippen LogP contribution >= 0.6 is 0 Å². The molecule has 0 aliphatic rings. The van der Waals surface area contributed by atoms with Gasteiger partial charge >= 0.3 is 0 Å². The molecule has 0 aliphatic heterocycles. The second-order valence-corrected chi connectivity index (χ2v) is 4.61. The molecule has 1 rings (SSSR count). The first-order valence-corrected chi connectivity index (χ1v) is 4.97.